The summed E-state index contributed by atoms with van der Waals surface area (Å²) < 4.78 is 11.9. The Morgan fingerprint density at radius 2 is 1.76 bits per heavy atom. The molecule has 7 heteroatoms. The van der Waals surface area contributed by atoms with E-state index in [9.17, 15) is 0 Å². The number of likely N-dealkylation sites (tertiary alicyclic amines) is 1. The van der Waals surface area contributed by atoms with Gasteiger partial charge in [-0.2, -0.15) is 0 Å². The molecule has 33 heavy (non-hydrogen) atoms. The van der Waals surface area contributed by atoms with Gasteiger partial charge in [0.15, 0.2) is 0 Å². The van der Waals surface area contributed by atoms with E-state index in [1.807, 2.05) is 24.4 Å². The molecule has 0 atom stereocenters. The minimum Gasteiger partial charge on any atom is -0.488 e. The fourth-order valence-electron chi connectivity index (χ4n) is 4.58. The van der Waals surface area contributed by atoms with E-state index in [1.54, 1.807) is 0 Å². The Morgan fingerprint density at radius 1 is 1.00 bits per heavy atom. The van der Waals surface area contributed by atoms with E-state index in [2.05, 4.69) is 58.2 Å². The molecule has 0 radical (unpaired) electrons. The number of piperidine rings is 1. The fourth-order valence-corrected chi connectivity index (χ4v) is 4.58. The fraction of sp³-hybridized carbons (Fsp3) is 0.462. The van der Waals surface area contributed by atoms with E-state index in [-0.39, 0.29) is 6.10 Å². The first kappa shape index (κ1) is 21.9. The highest BCUT2D eigenvalue weighted by atomic mass is 16.5. The van der Waals surface area contributed by atoms with Crippen LogP contribution in [0.1, 0.15) is 26.7 Å². The molecule has 0 aliphatic carbocycles. The number of aromatic nitrogens is 2. The van der Waals surface area contributed by atoms with Crippen molar-refractivity contribution in [1.82, 2.24) is 14.9 Å². The first-order valence-electron chi connectivity index (χ1n) is 12.0. The molecule has 2 fully saturated rings. The Morgan fingerprint density at radius 3 is 2.48 bits per heavy atom. The van der Waals surface area contributed by atoms with Gasteiger partial charge in [0.05, 0.1) is 13.2 Å². The molecule has 1 N–H and O–H groups in total. The summed E-state index contributed by atoms with van der Waals surface area (Å²) in [5, 5.41) is 4.33. The van der Waals surface area contributed by atoms with Gasteiger partial charge in [-0.1, -0.05) is 12.1 Å². The van der Waals surface area contributed by atoms with Gasteiger partial charge in [-0.05, 0) is 57.0 Å². The van der Waals surface area contributed by atoms with Crippen LogP contribution in [0.2, 0.25) is 0 Å². The lowest BCUT2D eigenvalue weighted by Gasteiger charge is -2.34. The molecule has 2 aromatic carbocycles. The second kappa shape index (κ2) is 9.93. The van der Waals surface area contributed by atoms with Crippen molar-refractivity contribution in [3.63, 3.8) is 0 Å². The summed E-state index contributed by atoms with van der Waals surface area (Å²) in [6.07, 6.45) is 4.17. The van der Waals surface area contributed by atoms with E-state index < -0.39 is 0 Å². The SMILES string of the molecule is CC(C)N1CCC(Oc2cccc3cnc(Nc4ccc(N5CCOCC5)cc4)nc23)CC1. The minimum absolute atomic E-state index is 0.227. The second-order valence-electron chi connectivity index (χ2n) is 9.11. The Hall–Kier alpha value is -2.90. The van der Waals surface area contributed by atoms with Crippen molar-refractivity contribution < 1.29 is 9.47 Å². The zero-order chi connectivity index (χ0) is 22.6. The number of hydrogen-bond donors (Lipinski definition) is 1. The predicted octanol–water partition coefficient (Wildman–Crippen LogP) is 4.46. The largest absolute Gasteiger partial charge is 0.488 e. The molecule has 0 unspecified atom stereocenters. The van der Waals surface area contributed by atoms with Crippen molar-refractivity contribution in [2.45, 2.75) is 38.8 Å². The molecule has 7 nitrogen and oxygen atoms in total. The maximum Gasteiger partial charge on any atom is 0.227 e. The number of rotatable bonds is 6. The third-order valence-corrected chi connectivity index (χ3v) is 6.57. The molecule has 2 aliphatic heterocycles. The van der Waals surface area contributed by atoms with Gasteiger partial charge < -0.3 is 24.6 Å². The number of nitrogens with one attached hydrogen (secondary N) is 1. The molecule has 0 saturated carbocycles. The van der Waals surface area contributed by atoms with Crippen LogP contribution in [0.5, 0.6) is 5.75 Å². The normalized spacial score (nSPS) is 18.1. The van der Waals surface area contributed by atoms with Gasteiger partial charge in [0.2, 0.25) is 5.95 Å². The van der Waals surface area contributed by atoms with Crippen LogP contribution >= 0.6 is 0 Å². The molecular formula is C26H33N5O2. The van der Waals surface area contributed by atoms with Crippen molar-refractivity contribution >= 4 is 28.2 Å². The molecule has 0 amide bonds. The van der Waals surface area contributed by atoms with E-state index >= 15 is 0 Å². The first-order chi connectivity index (χ1) is 16.2. The molecule has 5 rings (SSSR count). The van der Waals surface area contributed by atoms with Gasteiger partial charge in [-0.3, -0.25) is 0 Å². The predicted molar refractivity (Wildman–Crippen MR) is 133 cm³/mol. The second-order valence-corrected chi connectivity index (χ2v) is 9.11. The third kappa shape index (κ3) is 5.20. The molecule has 2 aliphatic rings. The van der Waals surface area contributed by atoms with Crippen molar-refractivity contribution in [2.24, 2.45) is 0 Å². The standard InChI is InChI=1S/C26H33N5O2/c1-19(2)30-12-10-23(11-13-30)33-24-5-3-4-20-18-27-26(29-25(20)24)28-21-6-8-22(9-7-21)31-14-16-32-17-15-31/h3-9,18-19,23H,10-17H2,1-2H3,(H,27,28,29). The summed E-state index contributed by atoms with van der Waals surface area (Å²) in [6.45, 7) is 10.1. The first-order valence-corrected chi connectivity index (χ1v) is 12.0. The Kier molecular flexibility index (Phi) is 6.60. The van der Waals surface area contributed by atoms with Crippen LogP contribution in [-0.4, -0.2) is 66.4 Å². The number of nitrogens with zero attached hydrogens (tertiary/aromatic N) is 4. The molecule has 0 bridgehead atoms. The monoisotopic (exact) mass is 447 g/mol. The minimum atomic E-state index is 0.227. The van der Waals surface area contributed by atoms with Crippen molar-refractivity contribution in [3.05, 3.63) is 48.7 Å². The van der Waals surface area contributed by atoms with Crippen LogP contribution in [0.25, 0.3) is 10.9 Å². The number of hydrogen-bond acceptors (Lipinski definition) is 7. The molecule has 0 spiro atoms. The van der Waals surface area contributed by atoms with Crippen molar-refractivity contribution in [1.29, 1.82) is 0 Å². The highest BCUT2D eigenvalue weighted by molar-refractivity contribution is 5.85. The van der Waals surface area contributed by atoms with Crippen LogP contribution < -0.4 is 15.0 Å². The lowest BCUT2D eigenvalue weighted by atomic mass is 10.1. The van der Waals surface area contributed by atoms with E-state index in [0.29, 0.717) is 12.0 Å². The topological polar surface area (TPSA) is 62.8 Å². The summed E-state index contributed by atoms with van der Waals surface area (Å²) in [4.78, 5) is 14.2. The number of morpholine rings is 1. The summed E-state index contributed by atoms with van der Waals surface area (Å²) >= 11 is 0. The highest BCUT2D eigenvalue weighted by Gasteiger charge is 2.23. The average molecular weight is 448 g/mol. The number of fused-ring (bicyclic) bond motifs is 1. The Labute approximate surface area is 195 Å². The van der Waals surface area contributed by atoms with Gasteiger partial charge in [0.1, 0.15) is 17.4 Å². The molecule has 2 saturated heterocycles. The average Bonchev–Trinajstić information content (AvgIpc) is 2.86. The van der Waals surface area contributed by atoms with E-state index in [4.69, 9.17) is 14.5 Å². The molecular weight excluding hydrogens is 414 g/mol. The summed E-state index contributed by atoms with van der Waals surface area (Å²) in [5.74, 6) is 1.41. The number of benzene rings is 2. The lowest BCUT2D eigenvalue weighted by molar-refractivity contribution is 0.0852. The number of para-hydroxylation sites is 1. The maximum absolute atomic E-state index is 6.42. The third-order valence-electron chi connectivity index (χ3n) is 6.57. The van der Waals surface area contributed by atoms with Crippen LogP contribution in [0.15, 0.2) is 48.7 Å². The van der Waals surface area contributed by atoms with Crippen LogP contribution in [0.4, 0.5) is 17.3 Å². The quantitative estimate of drug-likeness (QED) is 0.598. The van der Waals surface area contributed by atoms with Gasteiger partial charge in [0, 0.05) is 55.2 Å². The summed E-state index contributed by atoms with van der Waals surface area (Å²) in [7, 11) is 0. The molecule has 3 heterocycles. The van der Waals surface area contributed by atoms with Crippen LogP contribution in [-0.2, 0) is 4.74 Å². The van der Waals surface area contributed by atoms with Crippen molar-refractivity contribution in [3.8, 4) is 5.75 Å². The Bertz CT molecular complexity index is 1060. The van der Waals surface area contributed by atoms with Gasteiger partial charge in [-0.15, -0.1) is 0 Å². The zero-order valence-corrected chi connectivity index (χ0v) is 19.5. The van der Waals surface area contributed by atoms with Gasteiger partial charge in [0.25, 0.3) is 0 Å². The maximum atomic E-state index is 6.42. The smallest absolute Gasteiger partial charge is 0.227 e. The number of ether oxygens (including phenoxy) is 2. The molecule has 1 aromatic heterocycles. The summed E-state index contributed by atoms with van der Waals surface area (Å²) in [5.41, 5.74) is 3.03. The molecule has 174 valence electrons. The lowest BCUT2D eigenvalue weighted by Crippen LogP contribution is -2.41. The number of anilines is 3. The Balaban J connectivity index is 1.29. The van der Waals surface area contributed by atoms with Gasteiger partial charge in [-0.25, -0.2) is 9.97 Å². The van der Waals surface area contributed by atoms with Gasteiger partial charge >= 0.3 is 0 Å². The highest BCUT2D eigenvalue weighted by Crippen LogP contribution is 2.28. The summed E-state index contributed by atoms with van der Waals surface area (Å²) in [6, 6.07) is 15.1. The molecule has 3 aromatic rings. The zero-order valence-electron chi connectivity index (χ0n) is 19.5. The van der Waals surface area contributed by atoms with Crippen LogP contribution in [0, 0.1) is 0 Å². The van der Waals surface area contributed by atoms with Crippen molar-refractivity contribution in [2.75, 3.05) is 49.6 Å². The van der Waals surface area contributed by atoms with E-state index in [1.165, 1.54) is 5.69 Å². The van der Waals surface area contributed by atoms with Crippen LogP contribution in [0.3, 0.4) is 0 Å². The van der Waals surface area contributed by atoms with E-state index in [0.717, 1.165) is 74.6 Å².